The van der Waals surface area contributed by atoms with E-state index in [4.69, 9.17) is 19.9 Å². The molecule has 9 aromatic rings. The van der Waals surface area contributed by atoms with Crippen molar-refractivity contribution in [3.05, 3.63) is 122 Å². The van der Waals surface area contributed by atoms with Crippen molar-refractivity contribution in [3.63, 3.8) is 0 Å². The first kappa shape index (κ1) is 23.2. The highest BCUT2D eigenvalue weighted by Crippen LogP contribution is 2.44. The summed E-state index contributed by atoms with van der Waals surface area (Å²) in [5.74, 6) is 1.86. The fourth-order valence-electron chi connectivity index (χ4n) is 5.91. The van der Waals surface area contributed by atoms with E-state index in [1.165, 1.54) is 9.40 Å². The van der Waals surface area contributed by atoms with E-state index in [9.17, 15) is 0 Å². The summed E-state index contributed by atoms with van der Waals surface area (Å²) in [6.07, 6.45) is 3.51. The van der Waals surface area contributed by atoms with E-state index in [1.807, 2.05) is 60.7 Å². The van der Waals surface area contributed by atoms with Crippen LogP contribution in [0, 0.1) is 0 Å². The van der Waals surface area contributed by atoms with E-state index in [0.717, 1.165) is 54.7 Å². The van der Waals surface area contributed by atoms with Gasteiger partial charge in [0, 0.05) is 49.8 Å². The summed E-state index contributed by atoms with van der Waals surface area (Å²) in [4.78, 5) is 24.4. The molecule has 4 aromatic heterocycles. The van der Waals surface area contributed by atoms with Crippen LogP contribution in [0.15, 0.2) is 122 Å². The summed E-state index contributed by atoms with van der Waals surface area (Å²) in [7, 11) is 0. The number of para-hydroxylation sites is 1. The van der Waals surface area contributed by atoms with Crippen LogP contribution in [-0.4, -0.2) is 29.5 Å². The lowest BCUT2D eigenvalue weighted by atomic mass is 10.1. The maximum absolute atomic E-state index is 5.11. The second kappa shape index (κ2) is 8.99. The minimum Gasteiger partial charge on any atom is -0.276 e. The van der Waals surface area contributed by atoms with Crippen molar-refractivity contribution in [3.8, 4) is 28.7 Å². The Morgan fingerprint density at radius 3 is 1.98 bits per heavy atom. The molecule has 0 amide bonds. The molecule has 0 aliphatic carbocycles. The smallest absolute Gasteiger partial charge is 0.238 e. The summed E-state index contributed by atoms with van der Waals surface area (Å²) >= 11 is 1.77. The first-order valence-electron chi connectivity index (χ1n) is 13.7. The monoisotopic (exact) mass is 556 g/mol. The maximum atomic E-state index is 5.11. The van der Waals surface area contributed by atoms with Gasteiger partial charge < -0.3 is 0 Å². The average molecular weight is 557 g/mol. The Morgan fingerprint density at radius 2 is 1.21 bits per heavy atom. The van der Waals surface area contributed by atoms with E-state index >= 15 is 0 Å². The van der Waals surface area contributed by atoms with Gasteiger partial charge >= 0.3 is 0 Å². The molecular formula is C35H20N6S. The molecule has 0 radical (unpaired) electrons. The largest absolute Gasteiger partial charge is 0.276 e. The number of aromatic nitrogens is 6. The van der Waals surface area contributed by atoms with Crippen LogP contribution in [0.4, 0.5) is 0 Å². The fourth-order valence-corrected chi connectivity index (χ4v) is 7.15. The Labute approximate surface area is 243 Å². The molecular weight excluding hydrogens is 536 g/mol. The number of thiophene rings is 1. The van der Waals surface area contributed by atoms with E-state index in [2.05, 4.69) is 58.1 Å². The number of hydrogen-bond donors (Lipinski definition) is 0. The van der Waals surface area contributed by atoms with Crippen LogP contribution >= 0.6 is 11.3 Å². The van der Waals surface area contributed by atoms with Crippen molar-refractivity contribution < 1.29 is 0 Å². The molecule has 0 atom stereocenters. The van der Waals surface area contributed by atoms with E-state index < -0.39 is 0 Å². The van der Waals surface area contributed by atoms with Crippen molar-refractivity contribution in [2.45, 2.75) is 0 Å². The highest BCUT2D eigenvalue weighted by Gasteiger charge is 2.21. The minimum atomic E-state index is 0.587. The Balaban J connectivity index is 1.44. The lowest BCUT2D eigenvalue weighted by Gasteiger charge is -2.11. The first-order chi connectivity index (χ1) is 20.8. The summed E-state index contributed by atoms with van der Waals surface area (Å²) < 4.78 is 4.55. The van der Waals surface area contributed by atoms with Crippen molar-refractivity contribution in [1.29, 1.82) is 0 Å². The van der Waals surface area contributed by atoms with Crippen LogP contribution in [0.3, 0.4) is 0 Å². The third-order valence-corrected chi connectivity index (χ3v) is 8.94. The fraction of sp³-hybridized carbons (Fsp3) is 0. The molecule has 6 nitrogen and oxygen atoms in total. The minimum absolute atomic E-state index is 0.587. The van der Waals surface area contributed by atoms with Crippen LogP contribution in [0.5, 0.6) is 0 Å². The average Bonchev–Trinajstić information content (AvgIpc) is 3.62. The quantitative estimate of drug-likeness (QED) is 0.218. The maximum Gasteiger partial charge on any atom is 0.238 e. The lowest BCUT2D eigenvalue weighted by Crippen LogP contribution is -2.06. The predicted octanol–water partition coefficient (Wildman–Crippen LogP) is 8.61. The van der Waals surface area contributed by atoms with Crippen molar-refractivity contribution >= 4 is 64.3 Å². The number of fused-ring (bicyclic) bond motifs is 9. The molecule has 0 aliphatic heterocycles. The summed E-state index contributed by atoms with van der Waals surface area (Å²) in [6, 6.07) is 37.3. The SMILES string of the molecule is c1ccc(-c2nc(-c3ccccc3)nc(-n3c4ccccc4c4ccc5c(sc6ccc7nccnc7c65)c43)n2)cc1. The number of benzene rings is 5. The summed E-state index contributed by atoms with van der Waals surface area (Å²) in [5, 5.41) is 4.59. The Bertz CT molecular complexity index is 2410. The molecule has 5 aromatic carbocycles. The molecule has 0 unspecified atom stereocenters. The van der Waals surface area contributed by atoms with Gasteiger partial charge in [0.2, 0.25) is 5.95 Å². The van der Waals surface area contributed by atoms with Crippen LogP contribution in [-0.2, 0) is 0 Å². The topological polar surface area (TPSA) is 69.4 Å². The van der Waals surface area contributed by atoms with Crippen molar-refractivity contribution in [2.24, 2.45) is 0 Å². The molecule has 42 heavy (non-hydrogen) atoms. The summed E-state index contributed by atoms with van der Waals surface area (Å²) in [6.45, 7) is 0. The van der Waals surface area contributed by atoms with E-state index in [1.54, 1.807) is 23.7 Å². The molecule has 196 valence electrons. The normalized spacial score (nSPS) is 11.8. The van der Waals surface area contributed by atoms with Gasteiger partial charge in [-0.25, -0.2) is 4.98 Å². The van der Waals surface area contributed by atoms with Crippen LogP contribution in [0.2, 0.25) is 0 Å². The molecule has 0 fully saturated rings. The zero-order chi connectivity index (χ0) is 27.6. The standard InChI is InChI=1S/C35H20N6S/c1-3-9-21(10-4-1)33-38-34(22-11-5-2-6-12-22)40-35(39-33)41-27-14-8-7-13-23(27)24-15-16-25-29-28(42-32(25)31(24)41)18-17-26-30(29)37-20-19-36-26/h1-20H. The predicted molar refractivity (Wildman–Crippen MR) is 171 cm³/mol. The lowest BCUT2D eigenvalue weighted by molar-refractivity contribution is 0.955. The highest BCUT2D eigenvalue weighted by molar-refractivity contribution is 7.26. The molecule has 0 aliphatic rings. The molecule has 0 spiro atoms. The number of rotatable bonds is 3. The Hall–Kier alpha value is -5.53. The highest BCUT2D eigenvalue weighted by atomic mass is 32.1. The van der Waals surface area contributed by atoms with Gasteiger partial charge in [-0.15, -0.1) is 11.3 Å². The first-order valence-corrected chi connectivity index (χ1v) is 14.5. The van der Waals surface area contributed by atoms with Crippen molar-refractivity contribution in [2.75, 3.05) is 0 Å². The molecule has 0 saturated heterocycles. The van der Waals surface area contributed by atoms with Gasteiger partial charge in [0.25, 0.3) is 0 Å². The Kier molecular flexibility index (Phi) is 4.97. The van der Waals surface area contributed by atoms with Crippen LogP contribution in [0.25, 0.3) is 81.7 Å². The zero-order valence-corrected chi connectivity index (χ0v) is 23.0. The van der Waals surface area contributed by atoms with E-state index in [-0.39, 0.29) is 0 Å². The third kappa shape index (κ3) is 3.41. The molecule has 0 bridgehead atoms. The molecule has 0 saturated carbocycles. The van der Waals surface area contributed by atoms with Gasteiger partial charge in [-0.2, -0.15) is 9.97 Å². The molecule has 4 heterocycles. The van der Waals surface area contributed by atoms with Gasteiger partial charge in [-0.1, -0.05) is 91.0 Å². The van der Waals surface area contributed by atoms with Gasteiger partial charge in [0.1, 0.15) is 0 Å². The molecule has 9 rings (SSSR count). The van der Waals surface area contributed by atoms with Gasteiger partial charge in [-0.05, 0) is 18.2 Å². The molecule has 0 N–H and O–H groups in total. The third-order valence-electron chi connectivity index (χ3n) is 7.76. The van der Waals surface area contributed by atoms with Crippen LogP contribution in [0.1, 0.15) is 0 Å². The van der Waals surface area contributed by atoms with E-state index in [0.29, 0.717) is 17.6 Å². The van der Waals surface area contributed by atoms with Gasteiger partial charge in [0.05, 0.1) is 26.8 Å². The van der Waals surface area contributed by atoms with Gasteiger partial charge in [-0.3, -0.25) is 14.5 Å². The number of nitrogens with zero attached hydrogens (tertiary/aromatic N) is 6. The van der Waals surface area contributed by atoms with Gasteiger partial charge in [0.15, 0.2) is 11.6 Å². The zero-order valence-electron chi connectivity index (χ0n) is 22.1. The summed E-state index contributed by atoms with van der Waals surface area (Å²) in [5.41, 5.74) is 5.82. The Morgan fingerprint density at radius 1 is 0.548 bits per heavy atom. The molecule has 7 heteroatoms. The number of hydrogen-bond acceptors (Lipinski definition) is 6. The van der Waals surface area contributed by atoms with Crippen LogP contribution < -0.4 is 0 Å². The second-order valence-corrected chi connectivity index (χ2v) is 11.2. The van der Waals surface area contributed by atoms with Crippen molar-refractivity contribution in [1.82, 2.24) is 29.5 Å². The second-order valence-electron chi connectivity index (χ2n) is 10.2.